The van der Waals surface area contributed by atoms with Gasteiger partial charge in [-0.1, -0.05) is 20.3 Å². The second-order valence-corrected chi connectivity index (χ2v) is 17.1. The van der Waals surface area contributed by atoms with E-state index in [2.05, 4.69) is 25.2 Å². The van der Waals surface area contributed by atoms with Crippen LogP contribution in [0.15, 0.2) is 24.4 Å². The average molecular weight is 515 g/mol. The highest BCUT2D eigenvalue weighted by atomic mass is 32.3. The van der Waals surface area contributed by atoms with Gasteiger partial charge in [-0.15, -0.1) is 0 Å². The summed E-state index contributed by atoms with van der Waals surface area (Å²) in [5.74, 6) is 3.19. The number of carbonyl (C=O) groups is 1. The van der Waals surface area contributed by atoms with Crippen LogP contribution < -0.4 is 0 Å². The Kier molecular flexibility index (Phi) is 6.11. The van der Waals surface area contributed by atoms with Crippen molar-refractivity contribution in [2.24, 2.45) is 28.6 Å². The van der Waals surface area contributed by atoms with Crippen molar-refractivity contribution in [2.45, 2.75) is 82.3 Å². The van der Waals surface area contributed by atoms with Crippen molar-refractivity contribution in [3.8, 4) is 0 Å². The summed E-state index contributed by atoms with van der Waals surface area (Å²) in [4.78, 5) is 13.8. The molecule has 3 heterocycles. The lowest BCUT2D eigenvalue weighted by Crippen LogP contribution is -2.60. The van der Waals surface area contributed by atoms with Crippen LogP contribution in [0.25, 0.3) is 10.9 Å². The number of aromatic nitrogens is 2. The van der Waals surface area contributed by atoms with Crippen LogP contribution in [-0.4, -0.2) is 51.8 Å². The molecule has 4 aliphatic rings. The molecule has 8 unspecified atom stereocenters. The minimum absolute atomic E-state index is 0.0966. The molecule has 0 amide bonds. The molecule has 1 aromatic carbocycles. The van der Waals surface area contributed by atoms with Crippen LogP contribution in [0, 0.1) is 34.4 Å². The first-order valence-corrected chi connectivity index (χ1v) is 16.4. The third-order valence-corrected chi connectivity index (χ3v) is 16.5. The Bertz CT molecular complexity index is 1170. The Morgan fingerprint density at radius 1 is 1.19 bits per heavy atom. The van der Waals surface area contributed by atoms with Crippen molar-refractivity contribution < 1.29 is 13.9 Å². The van der Waals surface area contributed by atoms with Gasteiger partial charge in [0.25, 0.3) is 0 Å². The molecule has 2 aromatic rings. The number of hydrogen-bond acceptors (Lipinski definition) is 3. The Morgan fingerprint density at radius 3 is 2.83 bits per heavy atom. The van der Waals surface area contributed by atoms with Crippen molar-refractivity contribution >= 4 is 26.7 Å². The molecule has 0 N–H and O–H groups in total. The molecule has 2 aliphatic carbocycles. The van der Waals surface area contributed by atoms with Gasteiger partial charge in [-0.2, -0.15) is 5.10 Å². The number of Topliss-reactive ketones (excluding diaryl/α,β-unsaturated/α-hetero) is 1. The lowest BCUT2D eigenvalue weighted by atomic mass is 9.59. The molecule has 6 heteroatoms. The van der Waals surface area contributed by atoms with Crippen LogP contribution in [0.5, 0.6) is 0 Å². The van der Waals surface area contributed by atoms with Gasteiger partial charge >= 0.3 is 0 Å². The van der Waals surface area contributed by atoms with E-state index in [1.807, 2.05) is 13.3 Å². The lowest BCUT2D eigenvalue weighted by molar-refractivity contribution is -0.126. The number of benzene rings is 1. The molecule has 6 rings (SSSR count). The molecule has 8 atom stereocenters. The summed E-state index contributed by atoms with van der Waals surface area (Å²) in [6.45, 7) is 6.12. The fourth-order valence-electron chi connectivity index (χ4n) is 9.69. The number of fused-ring (bicyclic) bond motifs is 6. The number of ether oxygens (including phenoxy) is 1. The van der Waals surface area contributed by atoms with Gasteiger partial charge < -0.3 is 4.74 Å². The van der Waals surface area contributed by atoms with E-state index >= 15 is 0 Å². The van der Waals surface area contributed by atoms with E-state index in [0.717, 1.165) is 35.5 Å². The van der Waals surface area contributed by atoms with Crippen LogP contribution in [0.3, 0.4) is 0 Å². The molecule has 4 nitrogen and oxygen atoms in total. The fraction of sp³-hybridized carbons (Fsp3) is 0.733. The largest absolute Gasteiger partial charge is 0.384 e. The highest BCUT2D eigenvalue weighted by molar-refractivity contribution is 8.34. The predicted octanol–water partition coefficient (Wildman–Crippen LogP) is 6.60. The van der Waals surface area contributed by atoms with E-state index in [0.29, 0.717) is 28.5 Å². The summed E-state index contributed by atoms with van der Waals surface area (Å²) in [7, 11) is 1.06. The topological polar surface area (TPSA) is 44.1 Å². The van der Waals surface area contributed by atoms with Crippen molar-refractivity contribution in [3.05, 3.63) is 30.2 Å². The minimum Gasteiger partial charge on any atom is -0.384 e. The Balaban J connectivity index is 1.26. The molecule has 0 radical (unpaired) electrons. The molecular formula is C30H43FN2O2S. The van der Waals surface area contributed by atoms with Crippen LogP contribution in [0.1, 0.15) is 65.2 Å². The second-order valence-electron chi connectivity index (χ2n) is 13.1. The minimum atomic E-state index is -0.848. The highest BCUT2D eigenvalue weighted by Crippen LogP contribution is 2.77. The molecule has 198 valence electrons. The van der Waals surface area contributed by atoms with E-state index in [9.17, 15) is 9.18 Å². The SMILES string of the molecule is COCC12CCC(C)CC1CCS1(C)C3CCC(C(=O)Cn4cc5ccc(F)cc5n4)C3(C)CCC21. The van der Waals surface area contributed by atoms with Gasteiger partial charge in [0.2, 0.25) is 0 Å². The van der Waals surface area contributed by atoms with Crippen molar-refractivity contribution in [1.82, 2.24) is 9.78 Å². The van der Waals surface area contributed by atoms with E-state index in [1.165, 1.54) is 62.8 Å². The van der Waals surface area contributed by atoms with Crippen LogP contribution in [0.2, 0.25) is 0 Å². The van der Waals surface area contributed by atoms with Gasteiger partial charge in [0, 0.05) is 36.1 Å². The maximum Gasteiger partial charge on any atom is 0.157 e. The van der Waals surface area contributed by atoms with Gasteiger partial charge in [0.05, 0.1) is 18.7 Å². The average Bonchev–Trinajstić information content (AvgIpc) is 3.39. The number of carbonyl (C=O) groups excluding carboxylic acids is 1. The Hall–Kier alpha value is -1.40. The first-order chi connectivity index (χ1) is 17.2. The van der Waals surface area contributed by atoms with E-state index in [-0.39, 0.29) is 17.2 Å². The Labute approximate surface area is 217 Å². The monoisotopic (exact) mass is 514 g/mol. The third kappa shape index (κ3) is 3.64. The molecule has 2 saturated heterocycles. The molecule has 0 bridgehead atoms. The van der Waals surface area contributed by atoms with Crippen molar-refractivity contribution in [1.29, 1.82) is 0 Å². The summed E-state index contributed by atoms with van der Waals surface area (Å²) < 4.78 is 21.4. The quantitative estimate of drug-likeness (QED) is 0.452. The summed E-state index contributed by atoms with van der Waals surface area (Å²) in [6.07, 6.45) is 14.6. The number of nitrogens with zero attached hydrogens (tertiary/aromatic N) is 2. The zero-order valence-corrected chi connectivity index (χ0v) is 23.3. The Morgan fingerprint density at radius 2 is 2.03 bits per heavy atom. The number of rotatable bonds is 5. The molecule has 4 fully saturated rings. The smallest absolute Gasteiger partial charge is 0.157 e. The molecule has 0 spiro atoms. The van der Waals surface area contributed by atoms with Crippen LogP contribution in [-0.2, 0) is 16.1 Å². The van der Waals surface area contributed by atoms with Gasteiger partial charge in [-0.3, -0.25) is 9.48 Å². The maximum atomic E-state index is 13.8. The molecular weight excluding hydrogens is 471 g/mol. The maximum absolute atomic E-state index is 13.8. The zero-order valence-electron chi connectivity index (χ0n) is 22.5. The molecule has 1 aromatic heterocycles. The standard InChI is InChI=1S/C30H43FN2O2S/c1-20-9-13-30(19-35-3)22(15-20)11-14-36(4)27-8-7-24(29(27,2)12-10-28(30)36)26(34)18-33-17-21-5-6-23(31)16-25(21)32-33/h5-6,16-17,20,22,24,27-28H,7-15,18-19H2,1-4H3. The third-order valence-electron chi connectivity index (χ3n) is 11.3. The van der Waals surface area contributed by atoms with Gasteiger partial charge in [-0.25, -0.2) is 14.4 Å². The summed E-state index contributed by atoms with van der Waals surface area (Å²) in [6, 6.07) is 4.65. The molecule has 2 saturated carbocycles. The number of hydrogen-bond donors (Lipinski definition) is 0. The summed E-state index contributed by atoms with van der Waals surface area (Å²) in [5, 5.41) is 6.87. The first-order valence-electron chi connectivity index (χ1n) is 14.1. The zero-order chi connectivity index (χ0) is 25.3. The van der Waals surface area contributed by atoms with E-state index in [1.54, 1.807) is 10.7 Å². The highest BCUT2D eigenvalue weighted by Gasteiger charge is 2.65. The lowest BCUT2D eigenvalue weighted by Gasteiger charge is -2.69. The van der Waals surface area contributed by atoms with Gasteiger partial charge in [0.15, 0.2) is 5.78 Å². The second kappa shape index (κ2) is 8.83. The van der Waals surface area contributed by atoms with Crippen LogP contribution in [0.4, 0.5) is 4.39 Å². The summed E-state index contributed by atoms with van der Waals surface area (Å²) in [5.41, 5.74) is 1.08. The van der Waals surface area contributed by atoms with Crippen LogP contribution >= 0.6 is 10.0 Å². The first kappa shape index (κ1) is 24.9. The van der Waals surface area contributed by atoms with E-state index in [4.69, 9.17) is 4.74 Å². The fourth-order valence-corrected chi connectivity index (χ4v) is 15.7. The summed E-state index contributed by atoms with van der Waals surface area (Å²) >= 11 is 0. The van der Waals surface area contributed by atoms with E-state index < -0.39 is 10.0 Å². The molecule has 2 aliphatic heterocycles. The predicted molar refractivity (Wildman–Crippen MR) is 146 cm³/mol. The number of methoxy groups -OCH3 is 1. The van der Waals surface area contributed by atoms with Crippen molar-refractivity contribution in [3.63, 3.8) is 0 Å². The van der Waals surface area contributed by atoms with Gasteiger partial charge in [0.1, 0.15) is 5.82 Å². The van der Waals surface area contributed by atoms with Gasteiger partial charge in [-0.05, 0) is 96.8 Å². The number of ketones is 1. The number of halogens is 1. The normalized spacial score (nSPS) is 43.9. The molecule has 36 heavy (non-hydrogen) atoms. The van der Waals surface area contributed by atoms with Crippen molar-refractivity contribution in [2.75, 3.05) is 25.7 Å².